The molecule has 0 amide bonds. The minimum atomic E-state index is -4.48. The molecular weight excluding hydrogens is 364 g/mol. The van der Waals surface area contributed by atoms with E-state index >= 15 is 0 Å². The smallest absolute Gasteiger partial charge is 0.416 e. The van der Waals surface area contributed by atoms with Crippen molar-refractivity contribution in [2.75, 3.05) is 31.2 Å². The van der Waals surface area contributed by atoms with Crippen LogP contribution in [0.4, 0.5) is 28.9 Å². The van der Waals surface area contributed by atoms with Crippen LogP contribution in [0.15, 0.2) is 48.5 Å². The van der Waals surface area contributed by atoms with Gasteiger partial charge in [0.25, 0.3) is 0 Å². The van der Waals surface area contributed by atoms with Crippen LogP contribution in [0.2, 0.25) is 0 Å². The predicted octanol–water partition coefficient (Wildman–Crippen LogP) is 4.52. The van der Waals surface area contributed by atoms with Gasteiger partial charge < -0.3 is 4.74 Å². The summed E-state index contributed by atoms with van der Waals surface area (Å²) in [6.07, 6.45) is -1.97. The van der Waals surface area contributed by atoms with E-state index < -0.39 is 23.5 Å². The van der Waals surface area contributed by atoms with Crippen LogP contribution in [0, 0.1) is 5.82 Å². The Balaban J connectivity index is 2.41. The van der Waals surface area contributed by atoms with Gasteiger partial charge in [-0.15, -0.1) is 0 Å². The summed E-state index contributed by atoms with van der Waals surface area (Å²) < 4.78 is 57.8. The Hall–Kier alpha value is -3.03. The van der Waals surface area contributed by atoms with Crippen LogP contribution in [0.25, 0.3) is 6.08 Å². The fraction of sp³-hybridized carbons (Fsp3) is 0.211. The number of benzene rings is 2. The Bertz CT molecular complexity index is 850. The minimum absolute atomic E-state index is 0.0950. The summed E-state index contributed by atoms with van der Waals surface area (Å²) in [6, 6.07) is 8.97. The molecule has 0 aliphatic rings. The molecule has 8 heteroatoms. The first kappa shape index (κ1) is 20.3. The largest absolute Gasteiger partial charge is 0.466 e. The van der Waals surface area contributed by atoms with Gasteiger partial charge in [0.1, 0.15) is 5.82 Å². The maximum absolute atomic E-state index is 14.5. The molecule has 2 rings (SSSR count). The summed E-state index contributed by atoms with van der Waals surface area (Å²) in [6.45, 7) is 0. The summed E-state index contributed by atoms with van der Waals surface area (Å²) in [4.78, 5) is 11.3. The highest BCUT2D eigenvalue weighted by Crippen LogP contribution is 2.33. The van der Waals surface area contributed by atoms with Crippen molar-refractivity contribution in [3.63, 3.8) is 0 Å². The molecule has 0 aliphatic heterocycles. The van der Waals surface area contributed by atoms with Gasteiger partial charge >= 0.3 is 12.1 Å². The third-order valence-electron chi connectivity index (χ3n) is 3.94. The molecule has 0 unspecified atom stereocenters. The first-order valence-electron chi connectivity index (χ1n) is 7.84. The van der Waals surface area contributed by atoms with Crippen molar-refractivity contribution in [3.8, 4) is 0 Å². The first-order chi connectivity index (χ1) is 12.6. The Morgan fingerprint density at radius 2 is 1.74 bits per heavy atom. The average molecular weight is 382 g/mol. The molecule has 0 saturated carbocycles. The summed E-state index contributed by atoms with van der Waals surface area (Å²) in [5.74, 6) is -1.21. The summed E-state index contributed by atoms with van der Waals surface area (Å²) in [5, 5.41) is 2.74. The Labute approximate surface area is 154 Å². The monoisotopic (exact) mass is 382 g/mol. The number of carbonyl (C=O) groups is 1. The molecule has 0 saturated heterocycles. The van der Waals surface area contributed by atoms with Gasteiger partial charge in [-0.25, -0.2) is 9.18 Å². The van der Waals surface area contributed by atoms with Crippen molar-refractivity contribution >= 4 is 23.4 Å². The van der Waals surface area contributed by atoms with E-state index in [1.807, 2.05) is 0 Å². The molecule has 0 spiro atoms. The number of esters is 1. The van der Waals surface area contributed by atoms with Crippen LogP contribution >= 0.6 is 0 Å². The molecule has 4 nitrogen and oxygen atoms in total. The zero-order valence-corrected chi connectivity index (χ0v) is 14.9. The maximum atomic E-state index is 14.5. The molecule has 0 fully saturated rings. The number of para-hydroxylation sites is 1. The second kappa shape index (κ2) is 8.11. The van der Waals surface area contributed by atoms with Crippen molar-refractivity contribution in [1.29, 1.82) is 0 Å². The highest BCUT2D eigenvalue weighted by Gasteiger charge is 2.31. The first-order valence-corrected chi connectivity index (χ1v) is 7.84. The zero-order chi connectivity index (χ0) is 20.2. The lowest BCUT2D eigenvalue weighted by molar-refractivity contribution is -0.137. The molecule has 0 bridgehead atoms. The van der Waals surface area contributed by atoms with Crippen molar-refractivity contribution < 1.29 is 27.1 Å². The number of methoxy groups -OCH3 is 1. The van der Waals surface area contributed by atoms with E-state index in [1.165, 1.54) is 61.6 Å². The molecule has 0 N–H and O–H groups in total. The van der Waals surface area contributed by atoms with Crippen LogP contribution in [0.3, 0.4) is 0 Å². The standard InChI is InChI=1S/C19H18F4N2O2/c1-24(15-8-5-7-14(12-15)19(21,22)23)25(2)18-13(6-4-9-16(18)20)10-11-17(26)27-3/h4-12H,1-3H3/b11-10+. The molecule has 27 heavy (non-hydrogen) atoms. The van der Waals surface area contributed by atoms with Crippen molar-refractivity contribution in [2.24, 2.45) is 0 Å². The Morgan fingerprint density at radius 1 is 1.07 bits per heavy atom. The van der Waals surface area contributed by atoms with E-state index in [-0.39, 0.29) is 11.4 Å². The van der Waals surface area contributed by atoms with E-state index in [1.54, 1.807) is 6.07 Å². The number of nitrogens with zero attached hydrogens (tertiary/aromatic N) is 2. The van der Waals surface area contributed by atoms with Crippen LogP contribution in [-0.2, 0) is 15.7 Å². The number of alkyl halides is 3. The average Bonchev–Trinajstić information content (AvgIpc) is 2.64. The van der Waals surface area contributed by atoms with Crippen molar-refractivity contribution in [2.45, 2.75) is 6.18 Å². The van der Waals surface area contributed by atoms with Crippen LogP contribution in [0.1, 0.15) is 11.1 Å². The quantitative estimate of drug-likeness (QED) is 0.330. The molecule has 0 atom stereocenters. The third kappa shape index (κ3) is 4.78. The van der Waals surface area contributed by atoms with Crippen molar-refractivity contribution in [3.05, 3.63) is 65.5 Å². The van der Waals surface area contributed by atoms with E-state index in [4.69, 9.17) is 0 Å². The molecule has 0 aliphatic carbocycles. The molecule has 0 aromatic heterocycles. The SMILES string of the molecule is COC(=O)/C=C/c1cccc(F)c1N(C)N(C)c1cccc(C(F)(F)F)c1. The van der Waals surface area contributed by atoms with Gasteiger partial charge in [-0.1, -0.05) is 18.2 Å². The summed E-state index contributed by atoms with van der Waals surface area (Å²) in [7, 11) is 4.23. The van der Waals surface area contributed by atoms with Crippen LogP contribution in [-0.4, -0.2) is 27.2 Å². The summed E-state index contributed by atoms with van der Waals surface area (Å²) in [5.41, 5.74) is -0.127. The van der Waals surface area contributed by atoms with Gasteiger partial charge in [-0.05, 0) is 30.3 Å². The number of rotatable bonds is 5. The second-order valence-corrected chi connectivity index (χ2v) is 5.63. The number of hydrazine groups is 1. The molecule has 2 aromatic carbocycles. The number of hydrogen-bond donors (Lipinski definition) is 0. The highest BCUT2D eigenvalue weighted by molar-refractivity contribution is 5.88. The lowest BCUT2D eigenvalue weighted by Crippen LogP contribution is -2.37. The fourth-order valence-electron chi connectivity index (χ4n) is 2.44. The minimum Gasteiger partial charge on any atom is -0.466 e. The number of anilines is 2. The predicted molar refractivity (Wildman–Crippen MR) is 95.7 cm³/mol. The van der Waals surface area contributed by atoms with Crippen molar-refractivity contribution in [1.82, 2.24) is 0 Å². The normalized spacial score (nSPS) is 11.5. The number of hydrogen-bond acceptors (Lipinski definition) is 4. The lowest BCUT2D eigenvalue weighted by atomic mass is 10.1. The zero-order valence-electron chi connectivity index (χ0n) is 14.9. The van der Waals surface area contributed by atoms with Gasteiger partial charge in [0.15, 0.2) is 0 Å². The second-order valence-electron chi connectivity index (χ2n) is 5.63. The lowest BCUT2D eigenvalue weighted by Gasteiger charge is -2.33. The molecule has 144 valence electrons. The van der Waals surface area contributed by atoms with Gasteiger partial charge in [0.2, 0.25) is 0 Å². The van der Waals surface area contributed by atoms with Gasteiger partial charge in [0, 0.05) is 25.7 Å². The molecule has 0 radical (unpaired) electrons. The number of ether oxygens (including phenoxy) is 1. The number of carbonyl (C=O) groups excluding carboxylic acids is 1. The fourth-order valence-corrected chi connectivity index (χ4v) is 2.44. The van der Waals surface area contributed by atoms with Gasteiger partial charge in [0.05, 0.1) is 24.0 Å². The topological polar surface area (TPSA) is 32.8 Å². The molecular formula is C19H18F4N2O2. The Morgan fingerprint density at radius 3 is 2.37 bits per heavy atom. The maximum Gasteiger partial charge on any atom is 0.416 e. The highest BCUT2D eigenvalue weighted by atomic mass is 19.4. The third-order valence-corrected chi connectivity index (χ3v) is 3.94. The molecule has 0 heterocycles. The van der Waals surface area contributed by atoms with E-state index in [9.17, 15) is 22.4 Å². The van der Waals surface area contributed by atoms with Gasteiger partial charge in [-0.2, -0.15) is 13.2 Å². The van der Waals surface area contributed by atoms with Crippen LogP contribution in [0.5, 0.6) is 0 Å². The van der Waals surface area contributed by atoms with E-state index in [2.05, 4.69) is 4.74 Å². The number of halogens is 4. The molecule has 2 aromatic rings. The Kier molecular flexibility index (Phi) is 6.09. The van der Waals surface area contributed by atoms with E-state index in [0.29, 0.717) is 5.56 Å². The van der Waals surface area contributed by atoms with E-state index in [0.717, 1.165) is 18.2 Å². The van der Waals surface area contributed by atoms with Crippen LogP contribution < -0.4 is 10.0 Å². The van der Waals surface area contributed by atoms with Gasteiger partial charge in [-0.3, -0.25) is 10.0 Å². The summed E-state index contributed by atoms with van der Waals surface area (Å²) >= 11 is 0.